The number of carbonyl (C=O) groups is 2. The Labute approximate surface area is 287 Å². The van der Waals surface area contributed by atoms with Crippen LogP contribution in [0.15, 0.2) is 48.0 Å². The minimum absolute atomic E-state index is 0.00428. The average Bonchev–Trinajstić information content (AvgIpc) is 3.03. The first-order valence-corrected chi connectivity index (χ1v) is 18.1. The predicted molar refractivity (Wildman–Crippen MR) is 196 cm³/mol. The quantitative estimate of drug-likeness (QED) is 0.203. The number of rotatable bonds is 12. The van der Waals surface area contributed by atoms with E-state index in [2.05, 4.69) is 71.9 Å². The van der Waals surface area contributed by atoms with Gasteiger partial charge in [-0.3, -0.25) is 9.59 Å². The van der Waals surface area contributed by atoms with Crippen molar-refractivity contribution in [1.29, 1.82) is 0 Å². The van der Waals surface area contributed by atoms with Crippen molar-refractivity contribution >= 4 is 22.3 Å². The molecule has 2 N–H and O–H groups in total. The Kier molecular flexibility index (Phi) is 10.3. The van der Waals surface area contributed by atoms with Crippen molar-refractivity contribution in [2.45, 2.75) is 131 Å². The summed E-state index contributed by atoms with van der Waals surface area (Å²) in [6, 6.07) is 12.3. The topological polar surface area (TPSA) is 83.8 Å². The molecule has 0 heterocycles. The summed E-state index contributed by atoms with van der Waals surface area (Å²) in [6.45, 7) is 18.8. The van der Waals surface area contributed by atoms with Crippen LogP contribution in [0.4, 0.5) is 0 Å². The number of ketones is 2. The van der Waals surface area contributed by atoms with Crippen molar-refractivity contribution in [2.24, 2.45) is 11.3 Å². The number of fused-ring (bicyclic) bond motifs is 4. The van der Waals surface area contributed by atoms with E-state index in [0.717, 1.165) is 87.6 Å². The maximum atomic E-state index is 13.7. The Morgan fingerprint density at radius 2 is 1.69 bits per heavy atom. The number of ether oxygens (including phenoxy) is 1. The number of phenols is 1. The van der Waals surface area contributed by atoms with Crippen LogP contribution in [0.3, 0.4) is 0 Å². The van der Waals surface area contributed by atoms with E-state index in [1.54, 1.807) is 6.08 Å². The summed E-state index contributed by atoms with van der Waals surface area (Å²) in [4.78, 5) is 27.1. The summed E-state index contributed by atoms with van der Waals surface area (Å²) in [7, 11) is 0. The molecule has 3 aromatic carbocycles. The number of Topliss-reactive ketones (excluding diaryl/α,β-unsaturated/α-hetero) is 1. The van der Waals surface area contributed by atoms with E-state index in [1.807, 2.05) is 26.8 Å². The minimum Gasteiger partial charge on any atom is -0.508 e. The molecule has 0 spiro atoms. The smallest absolute Gasteiger partial charge is 0.186 e. The second-order valence-corrected chi connectivity index (χ2v) is 15.9. The molecule has 5 heteroatoms. The lowest BCUT2D eigenvalue weighted by atomic mass is 9.54. The zero-order chi connectivity index (χ0) is 35.1. The van der Waals surface area contributed by atoms with Crippen LogP contribution in [-0.2, 0) is 16.6 Å². The van der Waals surface area contributed by atoms with Crippen LogP contribution in [0.1, 0.15) is 144 Å². The van der Waals surface area contributed by atoms with Crippen LogP contribution in [-0.4, -0.2) is 34.5 Å². The highest BCUT2D eigenvalue weighted by Gasteiger charge is 2.49. The molecule has 258 valence electrons. The fraction of sp³-hybridized carbons (Fsp3) is 0.535. The average molecular weight is 653 g/mol. The fourth-order valence-corrected chi connectivity index (χ4v) is 8.41. The van der Waals surface area contributed by atoms with Gasteiger partial charge < -0.3 is 14.9 Å². The van der Waals surface area contributed by atoms with Crippen molar-refractivity contribution in [1.82, 2.24) is 0 Å². The molecule has 0 bridgehead atoms. The highest BCUT2D eigenvalue weighted by Crippen LogP contribution is 2.55. The molecule has 5 rings (SSSR count). The van der Waals surface area contributed by atoms with Crippen LogP contribution in [0.25, 0.3) is 10.8 Å². The van der Waals surface area contributed by atoms with Crippen molar-refractivity contribution in [3.05, 3.63) is 81.4 Å². The molecule has 0 amide bonds. The first-order valence-electron chi connectivity index (χ1n) is 18.1. The van der Waals surface area contributed by atoms with Gasteiger partial charge in [-0.05, 0) is 139 Å². The molecule has 48 heavy (non-hydrogen) atoms. The van der Waals surface area contributed by atoms with Crippen LogP contribution in [0.5, 0.6) is 11.5 Å². The summed E-state index contributed by atoms with van der Waals surface area (Å²) in [5.41, 5.74) is 6.29. The van der Waals surface area contributed by atoms with E-state index < -0.39 is 5.41 Å². The molecular formula is C43H56O5. The van der Waals surface area contributed by atoms with Gasteiger partial charge in [0.25, 0.3) is 0 Å². The number of aliphatic hydroxyl groups excluding tert-OH is 1. The van der Waals surface area contributed by atoms with Gasteiger partial charge in [-0.2, -0.15) is 0 Å². The first-order chi connectivity index (χ1) is 22.6. The number of aryl methyl sites for hydroxylation is 2. The van der Waals surface area contributed by atoms with Gasteiger partial charge in [0.2, 0.25) is 0 Å². The van der Waals surface area contributed by atoms with Gasteiger partial charge in [0.05, 0.1) is 12.7 Å². The van der Waals surface area contributed by atoms with Crippen molar-refractivity contribution in [3.8, 4) is 11.5 Å². The number of benzene rings is 3. The third-order valence-electron chi connectivity index (χ3n) is 11.5. The van der Waals surface area contributed by atoms with Crippen molar-refractivity contribution in [3.63, 3.8) is 0 Å². The maximum absolute atomic E-state index is 13.7. The van der Waals surface area contributed by atoms with Gasteiger partial charge in [0, 0.05) is 28.7 Å². The molecule has 2 unspecified atom stereocenters. The Hall–Kier alpha value is -3.44. The monoisotopic (exact) mass is 652 g/mol. The molecule has 1 saturated carbocycles. The summed E-state index contributed by atoms with van der Waals surface area (Å²) >= 11 is 0. The summed E-state index contributed by atoms with van der Waals surface area (Å²) in [6.07, 6.45) is 7.22. The van der Waals surface area contributed by atoms with E-state index in [4.69, 9.17) is 4.74 Å². The number of allylic oxidation sites excluding steroid dienone is 1. The van der Waals surface area contributed by atoms with Crippen LogP contribution in [0, 0.1) is 18.3 Å². The normalized spacial score (nSPS) is 22.0. The lowest BCUT2D eigenvalue weighted by Gasteiger charge is -2.49. The number of aromatic hydroxyl groups is 1. The van der Waals surface area contributed by atoms with E-state index >= 15 is 0 Å². The molecule has 1 fully saturated rings. The number of aliphatic hydroxyl groups is 1. The maximum Gasteiger partial charge on any atom is 0.186 e. The molecule has 0 saturated heterocycles. The molecule has 2 aliphatic rings. The number of hydrogen-bond donors (Lipinski definition) is 2. The minimum atomic E-state index is -0.403. The third kappa shape index (κ3) is 6.72. The van der Waals surface area contributed by atoms with Crippen molar-refractivity contribution < 1.29 is 24.5 Å². The Morgan fingerprint density at radius 1 is 0.958 bits per heavy atom. The zero-order valence-electron chi connectivity index (χ0n) is 30.6. The Balaban J connectivity index is 1.33. The number of carbonyl (C=O) groups excluding carboxylic acids is 2. The van der Waals surface area contributed by atoms with Gasteiger partial charge >= 0.3 is 0 Å². The van der Waals surface area contributed by atoms with Crippen LogP contribution in [0.2, 0.25) is 0 Å². The second kappa shape index (κ2) is 13.8. The Morgan fingerprint density at radius 3 is 2.35 bits per heavy atom. The molecule has 0 radical (unpaired) electrons. The second-order valence-electron chi connectivity index (χ2n) is 15.9. The first kappa shape index (κ1) is 35.9. The zero-order valence-corrected chi connectivity index (χ0v) is 30.6. The van der Waals surface area contributed by atoms with Gasteiger partial charge in [0.1, 0.15) is 17.3 Å². The molecule has 0 aromatic heterocycles. The fourth-order valence-electron chi connectivity index (χ4n) is 8.41. The molecule has 5 nitrogen and oxygen atoms in total. The molecule has 4 atom stereocenters. The van der Waals surface area contributed by atoms with Crippen LogP contribution >= 0.6 is 0 Å². The van der Waals surface area contributed by atoms with Gasteiger partial charge in [0.15, 0.2) is 5.78 Å². The molecule has 2 aliphatic carbocycles. The lowest BCUT2D eigenvalue weighted by molar-refractivity contribution is -0.122. The van der Waals surface area contributed by atoms with Gasteiger partial charge in [-0.25, -0.2) is 0 Å². The highest BCUT2D eigenvalue weighted by atomic mass is 16.5. The Bertz CT molecular complexity index is 1750. The standard InChI is InChI=1S/C43H56O5/c1-25(2)32-19-30-14-13-27(5)31(34(30)21-38(32)46)15-16-37(45)29(7)12-11-28(6)33-20-35-36(22-40(33)48-26(3)4)43(9)18-10-17-42(8,24-44)41(43)23-39(35)47/h13-14,19-23,25-26,28-29,44,46H,10-12,15-18,24H2,1-9H3/t28?,29?,42-,43-/m1/s1. The lowest BCUT2D eigenvalue weighted by Crippen LogP contribution is -2.44. The SMILES string of the molecule is Cc1ccc2cc(C(C)C)c(O)cc2c1CCC(=O)C(C)CCC(C)c1cc2c(cc1OC(C)C)[C@@]1(C)CCC[C@](C)(CO)C1=CC2=O. The molecular weight excluding hydrogens is 596 g/mol. The van der Waals surface area contributed by atoms with Crippen molar-refractivity contribution in [2.75, 3.05) is 6.61 Å². The summed E-state index contributed by atoms with van der Waals surface area (Å²) in [5.74, 6) is 1.61. The number of phenolic OH excluding ortho intramolecular Hbond substituents is 1. The van der Waals surface area contributed by atoms with Gasteiger partial charge in [-0.1, -0.05) is 60.1 Å². The predicted octanol–water partition coefficient (Wildman–Crippen LogP) is 10.0. The largest absolute Gasteiger partial charge is 0.508 e. The van der Waals surface area contributed by atoms with E-state index in [9.17, 15) is 19.8 Å². The summed E-state index contributed by atoms with van der Waals surface area (Å²) in [5, 5.41) is 23.2. The van der Waals surface area contributed by atoms with Gasteiger partial charge in [-0.15, -0.1) is 0 Å². The van der Waals surface area contributed by atoms with E-state index in [0.29, 0.717) is 18.6 Å². The van der Waals surface area contributed by atoms with E-state index in [1.165, 1.54) is 0 Å². The van der Waals surface area contributed by atoms with E-state index in [-0.39, 0.29) is 47.4 Å². The highest BCUT2D eigenvalue weighted by molar-refractivity contribution is 6.08. The number of hydrogen-bond acceptors (Lipinski definition) is 5. The molecule has 0 aliphatic heterocycles. The third-order valence-corrected chi connectivity index (χ3v) is 11.5. The van der Waals surface area contributed by atoms with Crippen LogP contribution < -0.4 is 4.74 Å². The summed E-state index contributed by atoms with van der Waals surface area (Å²) < 4.78 is 6.42. The molecule has 3 aromatic rings.